The van der Waals surface area contributed by atoms with Crippen LogP contribution < -0.4 is 5.30 Å². The summed E-state index contributed by atoms with van der Waals surface area (Å²) in [7, 11) is 5.53. The van der Waals surface area contributed by atoms with Crippen molar-refractivity contribution >= 4 is 45.3 Å². The van der Waals surface area contributed by atoms with Gasteiger partial charge in [0.05, 0.1) is 0 Å². The molecular formula is C21H32P2. The van der Waals surface area contributed by atoms with Gasteiger partial charge in [-0.3, -0.25) is 0 Å². The van der Waals surface area contributed by atoms with E-state index in [1.165, 1.54) is 32.4 Å². The molecule has 0 nitrogen and oxygen atoms in total. The number of hydrogen-bond donors (Lipinski definition) is 0. The van der Waals surface area contributed by atoms with Gasteiger partial charge in [-0.05, 0) is 56.8 Å². The van der Waals surface area contributed by atoms with Crippen LogP contribution in [0.4, 0.5) is 0 Å². The van der Waals surface area contributed by atoms with Gasteiger partial charge in [0.1, 0.15) is 0 Å². The average Bonchev–Trinajstić information content (AvgIpc) is 2.64. The van der Waals surface area contributed by atoms with Crippen LogP contribution in [0.2, 0.25) is 0 Å². The molecule has 0 radical (unpaired) electrons. The quantitative estimate of drug-likeness (QED) is 0.330. The molecule has 0 saturated carbocycles. The molecule has 3 aromatic carbocycles. The third kappa shape index (κ3) is 6.21. The van der Waals surface area contributed by atoms with Gasteiger partial charge in [-0.2, -0.15) is 0 Å². The highest BCUT2D eigenvalue weighted by atomic mass is 31.0. The highest BCUT2D eigenvalue weighted by Crippen LogP contribution is 2.24. The predicted molar refractivity (Wildman–Crippen MR) is 118 cm³/mol. The van der Waals surface area contributed by atoms with Crippen LogP contribution in [0.25, 0.3) is 21.5 Å². The third-order valence-corrected chi connectivity index (χ3v) is 3.95. The summed E-state index contributed by atoms with van der Waals surface area (Å²) in [4.78, 5) is 0. The number of hydrogen-bond acceptors (Lipinski definition) is 0. The van der Waals surface area contributed by atoms with E-state index in [4.69, 9.17) is 0 Å². The summed E-state index contributed by atoms with van der Waals surface area (Å²) in [6.07, 6.45) is 1.01. The number of benzene rings is 3. The second-order valence-electron chi connectivity index (χ2n) is 4.34. The Hall–Kier alpha value is -0.960. The van der Waals surface area contributed by atoms with E-state index in [9.17, 15) is 0 Å². The monoisotopic (exact) mass is 346 g/mol. The lowest BCUT2D eigenvalue weighted by molar-refractivity contribution is 1.45. The molecule has 0 fully saturated rings. The molecule has 0 aromatic heterocycles. The van der Waals surface area contributed by atoms with Crippen LogP contribution in [-0.2, 0) is 6.16 Å². The first kappa shape index (κ1) is 22.0. The van der Waals surface area contributed by atoms with Crippen molar-refractivity contribution in [2.24, 2.45) is 0 Å². The topological polar surface area (TPSA) is 0 Å². The molecule has 0 aliphatic carbocycles. The van der Waals surface area contributed by atoms with Gasteiger partial charge in [-0.15, -0.1) is 18.5 Å². The van der Waals surface area contributed by atoms with Gasteiger partial charge in [0, 0.05) is 0 Å². The Morgan fingerprint density at radius 1 is 0.609 bits per heavy atom. The summed E-state index contributed by atoms with van der Waals surface area (Å²) >= 11 is 0. The molecule has 0 N–H and O–H groups in total. The van der Waals surface area contributed by atoms with E-state index in [0.29, 0.717) is 0 Å². The molecule has 0 saturated heterocycles. The lowest BCUT2D eigenvalue weighted by Gasteiger charge is -2.05. The van der Waals surface area contributed by atoms with E-state index >= 15 is 0 Å². The summed E-state index contributed by atoms with van der Waals surface area (Å²) in [5, 5.41) is 6.50. The van der Waals surface area contributed by atoms with E-state index in [0.717, 1.165) is 6.16 Å². The van der Waals surface area contributed by atoms with Crippen molar-refractivity contribution in [2.75, 3.05) is 0 Å². The van der Waals surface area contributed by atoms with Gasteiger partial charge >= 0.3 is 0 Å². The van der Waals surface area contributed by atoms with Crippen LogP contribution >= 0.6 is 18.5 Å². The molecule has 2 atom stereocenters. The number of fused-ring (bicyclic) bond motifs is 2. The van der Waals surface area contributed by atoms with Crippen molar-refractivity contribution in [3.05, 3.63) is 54.1 Å². The minimum Gasteiger partial charge on any atom is -0.133 e. The Kier molecular flexibility index (Phi) is 11.9. The SMILES string of the molecule is CC.CC.CC.PCc1ccc2cc3cc(P)ccc3cc2c1. The fourth-order valence-corrected chi connectivity index (χ4v) is 2.72. The van der Waals surface area contributed by atoms with Crippen LogP contribution in [-0.4, -0.2) is 0 Å². The summed E-state index contributed by atoms with van der Waals surface area (Å²) in [6.45, 7) is 12.0. The van der Waals surface area contributed by atoms with E-state index < -0.39 is 0 Å². The molecule has 2 unspecified atom stereocenters. The summed E-state index contributed by atoms with van der Waals surface area (Å²) in [5.41, 5.74) is 1.37. The van der Waals surface area contributed by atoms with Crippen LogP contribution in [0.3, 0.4) is 0 Å². The maximum absolute atomic E-state index is 2.78. The largest absolute Gasteiger partial charge is 0.133 e. The molecule has 0 heterocycles. The molecule has 0 aliphatic rings. The Balaban J connectivity index is 0.000000728. The second kappa shape index (κ2) is 12.5. The first-order valence-electron chi connectivity index (χ1n) is 8.68. The average molecular weight is 346 g/mol. The van der Waals surface area contributed by atoms with Gasteiger partial charge in [0.15, 0.2) is 0 Å². The lowest BCUT2D eigenvalue weighted by Crippen LogP contribution is -1.88. The Labute approximate surface area is 147 Å². The second-order valence-corrected chi connectivity index (χ2v) is 5.42. The van der Waals surface area contributed by atoms with Crippen LogP contribution in [0.15, 0.2) is 48.5 Å². The standard InChI is InChI=1S/C15H14P2.3C2H6/c16-9-10-1-2-11-7-14-8-15(17)4-3-12(14)6-13(11)5-10;3*1-2/h1-8H,9,16-17H2;3*1-2H3. The van der Waals surface area contributed by atoms with Crippen molar-refractivity contribution in [1.29, 1.82) is 0 Å². The Morgan fingerprint density at radius 3 is 1.61 bits per heavy atom. The maximum Gasteiger partial charge on any atom is -0.0128 e. The normalized spacial score (nSPS) is 9.04. The highest BCUT2D eigenvalue weighted by molar-refractivity contribution is 7.27. The fourth-order valence-electron chi connectivity index (χ4n) is 2.19. The molecular weight excluding hydrogens is 314 g/mol. The van der Waals surface area contributed by atoms with Crippen molar-refractivity contribution in [2.45, 2.75) is 47.7 Å². The maximum atomic E-state index is 2.78. The van der Waals surface area contributed by atoms with Gasteiger partial charge in [-0.25, -0.2) is 0 Å². The van der Waals surface area contributed by atoms with Gasteiger partial charge in [0.2, 0.25) is 0 Å². The first-order chi connectivity index (χ1) is 11.3. The van der Waals surface area contributed by atoms with Gasteiger partial charge in [0.25, 0.3) is 0 Å². The van der Waals surface area contributed by atoms with E-state index in [-0.39, 0.29) is 0 Å². The third-order valence-electron chi connectivity index (χ3n) is 3.12. The van der Waals surface area contributed by atoms with Crippen LogP contribution in [0.5, 0.6) is 0 Å². The Bertz CT molecular complexity index is 703. The first-order valence-corrected chi connectivity index (χ1v) is 10.1. The summed E-state index contributed by atoms with van der Waals surface area (Å²) < 4.78 is 0. The molecule has 0 spiro atoms. The molecule has 3 rings (SSSR count). The zero-order chi connectivity index (χ0) is 17.8. The minimum absolute atomic E-state index is 1.01. The predicted octanol–water partition coefficient (Wildman–Crippen LogP) is 6.95. The van der Waals surface area contributed by atoms with Gasteiger partial charge < -0.3 is 0 Å². The van der Waals surface area contributed by atoms with Crippen LogP contribution in [0.1, 0.15) is 47.1 Å². The molecule has 0 amide bonds. The van der Waals surface area contributed by atoms with Crippen LogP contribution in [0, 0.1) is 0 Å². The number of rotatable bonds is 1. The minimum atomic E-state index is 1.01. The van der Waals surface area contributed by atoms with Gasteiger partial charge in [-0.1, -0.05) is 71.9 Å². The zero-order valence-corrected chi connectivity index (χ0v) is 17.8. The zero-order valence-electron chi connectivity index (χ0n) is 15.5. The summed E-state index contributed by atoms with van der Waals surface area (Å²) in [5.74, 6) is 0. The van der Waals surface area contributed by atoms with Crippen molar-refractivity contribution < 1.29 is 0 Å². The lowest BCUT2D eigenvalue weighted by atomic mass is 10.0. The molecule has 2 heteroatoms. The van der Waals surface area contributed by atoms with E-state index in [1.54, 1.807) is 0 Å². The smallest absolute Gasteiger partial charge is 0.0128 e. The fraction of sp³-hybridized carbons (Fsp3) is 0.333. The highest BCUT2D eigenvalue weighted by Gasteiger charge is 1.99. The van der Waals surface area contributed by atoms with Crippen molar-refractivity contribution in [3.8, 4) is 0 Å². The van der Waals surface area contributed by atoms with E-state index in [2.05, 4.69) is 67.0 Å². The summed E-state index contributed by atoms with van der Waals surface area (Å²) in [6, 6.07) is 17.8. The molecule has 0 aliphatic heterocycles. The van der Waals surface area contributed by atoms with Crippen molar-refractivity contribution in [1.82, 2.24) is 0 Å². The van der Waals surface area contributed by atoms with E-state index in [1.807, 2.05) is 41.5 Å². The molecule has 23 heavy (non-hydrogen) atoms. The molecule has 3 aromatic rings. The molecule has 126 valence electrons. The molecule has 0 bridgehead atoms. The van der Waals surface area contributed by atoms with Crippen molar-refractivity contribution in [3.63, 3.8) is 0 Å². The Morgan fingerprint density at radius 2 is 1.09 bits per heavy atom.